The molecule has 0 unspecified atom stereocenters. The Kier molecular flexibility index (Phi) is 4.80. The molecule has 2 aliphatic carbocycles. The molecule has 0 atom stereocenters. The van der Waals surface area contributed by atoms with Gasteiger partial charge in [-0.05, 0) is 116 Å². The molecule has 0 saturated carbocycles. The number of hydrogen-bond acceptors (Lipinski definition) is 0. The van der Waals surface area contributed by atoms with Crippen molar-refractivity contribution >= 4 is 51.1 Å². The van der Waals surface area contributed by atoms with E-state index >= 15 is 0 Å². The average Bonchev–Trinajstić information content (AvgIpc) is 2.82. The van der Waals surface area contributed by atoms with Crippen LogP contribution in [0.4, 0.5) is 0 Å². The Morgan fingerprint density at radius 1 is 0.710 bits per heavy atom. The summed E-state index contributed by atoms with van der Waals surface area (Å²) in [6.45, 7) is 0. The third kappa shape index (κ3) is 3.27. The Hall–Kier alpha value is -2.65. The zero-order chi connectivity index (χ0) is 20.8. The van der Waals surface area contributed by atoms with Crippen molar-refractivity contribution in [3.05, 3.63) is 110 Å². The van der Waals surface area contributed by atoms with Crippen molar-refractivity contribution in [2.45, 2.75) is 25.7 Å². The van der Waals surface area contributed by atoms with Crippen LogP contribution >= 0.6 is 22.6 Å². The lowest BCUT2D eigenvalue weighted by Crippen LogP contribution is -2.07. The molecular weight excluding hydrogens is 487 g/mol. The Bertz CT molecular complexity index is 1370. The molecule has 2 aliphatic rings. The van der Waals surface area contributed by atoms with Gasteiger partial charge in [0.15, 0.2) is 0 Å². The fourth-order valence-corrected chi connectivity index (χ4v) is 5.88. The van der Waals surface area contributed by atoms with Crippen molar-refractivity contribution < 1.29 is 0 Å². The lowest BCUT2D eigenvalue weighted by atomic mass is 9.78. The number of allylic oxidation sites excluding steroid dienone is 2. The van der Waals surface area contributed by atoms with E-state index in [2.05, 4.69) is 114 Å². The van der Waals surface area contributed by atoms with Crippen LogP contribution in [0.5, 0.6) is 0 Å². The highest BCUT2D eigenvalue weighted by atomic mass is 127. The molecule has 4 aromatic rings. The lowest BCUT2D eigenvalue weighted by Gasteiger charge is -2.26. The number of aryl methyl sites for hydroxylation is 1. The van der Waals surface area contributed by atoms with Crippen LogP contribution in [0, 0.1) is 3.57 Å². The minimum absolute atomic E-state index is 1.10. The molecule has 31 heavy (non-hydrogen) atoms. The van der Waals surface area contributed by atoms with E-state index < -0.39 is 0 Å². The summed E-state index contributed by atoms with van der Waals surface area (Å²) in [6.07, 6.45) is 11.6. The molecule has 0 aliphatic heterocycles. The zero-order valence-corrected chi connectivity index (χ0v) is 19.5. The number of rotatable bonds is 2. The Balaban J connectivity index is 1.67. The molecule has 0 heterocycles. The van der Waals surface area contributed by atoms with E-state index in [4.69, 9.17) is 0 Å². The van der Waals surface area contributed by atoms with Crippen LogP contribution in [0.2, 0.25) is 0 Å². The highest BCUT2D eigenvalue weighted by molar-refractivity contribution is 14.1. The molecule has 150 valence electrons. The number of benzene rings is 4. The molecule has 0 amide bonds. The number of hydrogen-bond donors (Lipinski definition) is 0. The fraction of sp³-hybridized carbons (Fsp3) is 0.133. The SMILES string of the molecule is Ic1ccc2c(c1)CCC(c1c3c(c(-c4ccccc4)c4ccccc14)CCC=C3)=C2. The van der Waals surface area contributed by atoms with Gasteiger partial charge >= 0.3 is 0 Å². The van der Waals surface area contributed by atoms with Gasteiger partial charge in [0.2, 0.25) is 0 Å². The molecule has 0 radical (unpaired) electrons. The molecule has 0 bridgehead atoms. The van der Waals surface area contributed by atoms with E-state index in [1.54, 1.807) is 0 Å². The minimum Gasteiger partial charge on any atom is -0.0836 e. The third-order valence-corrected chi connectivity index (χ3v) is 7.36. The van der Waals surface area contributed by atoms with Crippen molar-refractivity contribution in [3.63, 3.8) is 0 Å². The molecule has 0 aromatic heterocycles. The molecule has 0 spiro atoms. The molecule has 0 fully saturated rings. The van der Waals surface area contributed by atoms with E-state index in [-0.39, 0.29) is 0 Å². The average molecular weight is 510 g/mol. The van der Waals surface area contributed by atoms with E-state index in [0.29, 0.717) is 0 Å². The van der Waals surface area contributed by atoms with Gasteiger partial charge in [-0.25, -0.2) is 0 Å². The summed E-state index contributed by atoms with van der Waals surface area (Å²) in [5, 5.41) is 2.76. The summed E-state index contributed by atoms with van der Waals surface area (Å²) in [6, 6.07) is 26.8. The van der Waals surface area contributed by atoms with Crippen molar-refractivity contribution in [2.24, 2.45) is 0 Å². The third-order valence-electron chi connectivity index (χ3n) is 6.69. The smallest absolute Gasteiger partial charge is 0.0133 e. The standard InChI is InChI=1S/C30H23I/c31-24-17-16-21-18-23(15-14-22(21)19-24)30-27-12-6-4-10-25(27)29(20-8-2-1-3-9-20)26-11-5-7-13-28(26)30/h1-4,6-10,12-13,16-19H,5,11,14-15H2. The molecule has 4 aromatic carbocycles. The van der Waals surface area contributed by atoms with Gasteiger partial charge in [-0.3, -0.25) is 0 Å². The van der Waals surface area contributed by atoms with Crippen LogP contribution < -0.4 is 0 Å². The van der Waals surface area contributed by atoms with Crippen LogP contribution in [0.15, 0.2) is 78.9 Å². The van der Waals surface area contributed by atoms with E-state index in [9.17, 15) is 0 Å². The van der Waals surface area contributed by atoms with Crippen molar-refractivity contribution in [1.29, 1.82) is 0 Å². The van der Waals surface area contributed by atoms with Crippen LogP contribution in [0.1, 0.15) is 40.7 Å². The van der Waals surface area contributed by atoms with Gasteiger partial charge in [0.1, 0.15) is 0 Å². The largest absolute Gasteiger partial charge is 0.0836 e. The second-order valence-corrected chi connectivity index (χ2v) is 9.75. The second-order valence-electron chi connectivity index (χ2n) is 8.51. The van der Waals surface area contributed by atoms with Gasteiger partial charge in [0.25, 0.3) is 0 Å². The highest BCUT2D eigenvalue weighted by Gasteiger charge is 2.23. The topological polar surface area (TPSA) is 0 Å². The maximum atomic E-state index is 2.45. The quantitative estimate of drug-likeness (QED) is 0.237. The second kappa shape index (κ2) is 7.80. The van der Waals surface area contributed by atoms with E-state index in [1.807, 2.05) is 0 Å². The van der Waals surface area contributed by atoms with E-state index in [0.717, 1.165) is 25.7 Å². The molecule has 6 rings (SSSR count). The van der Waals surface area contributed by atoms with Crippen LogP contribution in [-0.2, 0) is 12.8 Å². The van der Waals surface area contributed by atoms with Crippen LogP contribution in [0.25, 0.3) is 39.6 Å². The Labute approximate surface area is 197 Å². The predicted molar refractivity (Wildman–Crippen MR) is 142 cm³/mol. The normalized spacial score (nSPS) is 14.8. The summed E-state index contributed by atoms with van der Waals surface area (Å²) >= 11 is 2.42. The van der Waals surface area contributed by atoms with Crippen molar-refractivity contribution in [2.75, 3.05) is 0 Å². The first-order valence-electron chi connectivity index (χ1n) is 11.1. The lowest BCUT2D eigenvalue weighted by molar-refractivity contribution is 0.979. The van der Waals surface area contributed by atoms with Gasteiger partial charge in [-0.1, -0.05) is 78.9 Å². The molecule has 0 N–H and O–H groups in total. The first-order valence-corrected chi connectivity index (χ1v) is 12.2. The van der Waals surface area contributed by atoms with Crippen LogP contribution in [0.3, 0.4) is 0 Å². The van der Waals surface area contributed by atoms with Crippen LogP contribution in [-0.4, -0.2) is 0 Å². The first-order chi connectivity index (χ1) is 15.3. The predicted octanol–water partition coefficient (Wildman–Crippen LogP) is 8.56. The van der Waals surface area contributed by atoms with Crippen molar-refractivity contribution in [1.82, 2.24) is 0 Å². The van der Waals surface area contributed by atoms with Crippen molar-refractivity contribution in [3.8, 4) is 11.1 Å². The molecule has 0 saturated heterocycles. The Morgan fingerprint density at radius 2 is 1.48 bits per heavy atom. The van der Waals surface area contributed by atoms with Gasteiger partial charge < -0.3 is 0 Å². The number of halogens is 1. The summed E-state index contributed by atoms with van der Waals surface area (Å²) in [7, 11) is 0. The van der Waals surface area contributed by atoms with Gasteiger partial charge in [0.05, 0.1) is 0 Å². The highest BCUT2D eigenvalue weighted by Crippen LogP contribution is 2.45. The first kappa shape index (κ1) is 19.1. The number of fused-ring (bicyclic) bond motifs is 3. The summed E-state index contributed by atoms with van der Waals surface area (Å²) in [5.74, 6) is 0. The molecular formula is C30H23I. The summed E-state index contributed by atoms with van der Waals surface area (Å²) < 4.78 is 1.33. The summed E-state index contributed by atoms with van der Waals surface area (Å²) in [5.41, 5.74) is 11.5. The fourth-order valence-electron chi connectivity index (χ4n) is 5.32. The Morgan fingerprint density at radius 3 is 2.32 bits per heavy atom. The maximum absolute atomic E-state index is 2.45. The van der Waals surface area contributed by atoms with Gasteiger partial charge in [0, 0.05) is 3.57 Å². The van der Waals surface area contributed by atoms with E-state index in [1.165, 1.54) is 58.9 Å². The van der Waals surface area contributed by atoms with Gasteiger partial charge in [-0.15, -0.1) is 0 Å². The zero-order valence-electron chi connectivity index (χ0n) is 17.4. The van der Waals surface area contributed by atoms with Gasteiger partial charge in [-0.2, -0.15) is 0 Å². The molecule has 1 heteroatoms. The molecule has 0 nitrogen and oxygen atoms in total. The summed E-state index contributed by atoms with van der Waals surface area (Å²) in [4.78, 5) is 0. The monoisotopic (exact) mass is 510 g/mol. The maximum Gasteiger partial charge on any atom is 0.0133 e. The minimum atomic E-state index is 1.10.